The summed E-state index contributed by atoms with van der Waals surface area (Å²) in [5.41, 5.74) is 2.46. The van der Waals surface area contributed by atoms with E-state index in [0.717, 1.165) is 31.0 Å². The van der Waals surface area contributed by atoms with Crippen LogP contribution >= 0.6 is 0 Å². The largest absolute Gasteiger partial charge is 0.496 e. The van der Waals surface area contributed by atoms with Gasteiger partial charge in [0.25, 0.3) is 0 Å². The van der Waals surface area contributed by atoms with Gasteiger partial charge in [-0.3, -0.25) is 9.58 Å². The average molecular weight is 285 g/mol. The van der Waals surface area contributed by atoms with Crippen LogP contribution in [-0.2, 0) is 20.0 Å². The first-order chi connectivity index (χ1) is 10.3. The highest BCUT2D eigenvalue weighted by Crippen LogP contribution is 2.26. The van der Waals surface area contributed by atoms with E-state index in [1.807, 2.05) is 30.1 Å². The van der Waals surface area contributed by atoms with Gasteiger partial charge < -0.3 is 4.74 Å². The maximum Gasteiger partial charge on any atom is 0.122 e. The lowest BCUT2D eigenvalue weighted by molar-refractivity contribution is 0.239. The van der Waals surface area contributed by atoms with Crippen molar-refractivity contribution in [2.45, 2.75) is 31.8 Å². The molecule has 0 aliphatic carbocycles. The van der Waals surface area contributed by atoms with E-state index in [9.17, 15) is 0 Å². The molecule has 0 unspecified atom stereocenters. The lowest BCUT2D eigenvalue weighted by Gasteiger charge is -2.24. The predicted molar refractivity (Wildman–Crippen MR) is 83.3 cm³/mol. The molecule has 3 rings (SSSR count). The molecular formula is C17H23N3O. The van der Waals surface area contributed by atoms with Crippen LogP contribution in [0, 0.1) is 0 Å². The SMILES string of the molecule is COc1ccccc1C[C@H]1CCCN1Cc1ccn(C)n1. The number of nitrogens with zero attached hydrogens (tertiary/aromatic N) is 3. The number of aromatic nitrogens is 2. The summed E-state index contributed by atoms with van der Waals surface area (Å²) in [5.74, 6) is 1.00. The molecule has 4 nitrogen and oxygen atoms in total. The summed E-state index contributed by atoms with van der Waals surface area (Å²) in [6.07, 6.45) is 5.59. The highest BCUT2D eigenvalue weighted by Gasteiger charge is 2.26. The highest BCUT2D eigenvalue weighted by molar-refractivity contribution is 5.34. The number of methoxy groups -OCH3 is 1. The minimum Gasteiger partial charge on any atom is -0.496 e. The van der Waals surface area contributed by atoms with Crippen molar-refractivity contribution in [3.05, 3.63) is 47.8 Å². The molecule has 112 valence electrons. The first-order valence-corrected chi connectivity index (χ1v) is 7.61. The van der Waals surface area contributed by atoms with Crippen LogP contribution in [0.25, 0.3) is 0 Å². The van der Waals surface area contributed by atoms with Crippen LogP contribution in [0.2, 0.25) is 0 Å². The van der Waals surface area contributed by atoms with Crippen LogP contribution in [0.1, 0.15) is 24.1 Å². The molecule has 21 heavy (non-hydrogen) atoms. The van der Waals surface area contributed by atoms with Gasteiger partial charge in [0.1, 0.15) is 5.75 Å². The molecule has 1 aliphatic rings. The molecule has 0 saturated carbocycles. The second kappa shape index (κ2) is 6.31. The van der Waals surface area contributed by atoms with Crippen molar-refractivity contribution in [1.29, 1.82) is 0 Å². The van der Waals surface area contributed by atoms with Gasteiger partial charge in [0.2, 0.25) is 0 Å². The van der Waals surface area contributed by atoms with E-state index in [4.69, 9.17) is 4.74 Å². The fourth-order valence-electron chi connectivity index (χ4n) is 3.22. The first kappa shape index (κ1) is 14.1. The summed E-state index contributed by atoms with van der Waals surface area (Å²) < 4.78 is 7.35. The molecular weight excluding hydrogens is 262 g/mol. The van der Waals surface area contributed by atoms with Gasteiger partial charge >= 0.3 is 0 Å². The minimum atomic E-state index is 0.586. The van der Waals surface area contributed by atoms with Crippen molar-refractivity contribution >= 4 is 0 Å². The summed E-state index contributed by atoms with van der Waals surface area (Å²) >= 11 is 0. The third-order valence-corrected chi connectivity index (χ3v) is 4.28. The molecule has 0 N–H and O–H groups in total. The normalized spacial score (nSPS) is 19.0. The summed E-state index contributed by atoms with van der Waals surface area (Å²) in [5, 5.41) is 4.50. The second-order valence-electron chi connectivity index (χ2n) is 5.76. The molecule has 1 saturated heterocycles. The maximum absolute atomic E-state index is 5.48. The van der Waals surface area contributed by atoms with Crippen molar-refractivity contribution in [1.82, 2.24) is 14.7 Å². The molecule has 1 aliphatic heterocycles. The predicted octanol–water partition coefficient (Wildman–Crippen LogP) is 2.64. The smallest absolute Gasteiger partial charge is 0.122 e. The number of benzene rings is 1. The van der Waals surface area contributed by atoms with Crippen molar-refractivity contribution in [3.63, 3.8) is 0 Å². The third-order valence-electron chi connectivity index (χ3n) is 4.28. The molecule has 0 spiro atoms. The van der Waals surface area contributed by atoms with Crippen LogP contribution < -0.4 is 4.74 Å². The van der Waals surface area contributed by atoms with Crippen LogP contribution in [-0.4, -0.2) is 34.4 Å². The lowest BCUT2D eigenvalue weighted by atomic mass is 10.0. The van der Waals surface area contributed by atoms with E-state index >= 15 is 0 Å². The molecule has 0 radical (unpaired) electrons. The number of rotatable bonds is 5. The summed E-state index contributed by atoms with van der Waals surface area (Å²) in [4.78, 5) is 2.55. The van der Waals surface area contributed by atoms with Crippen LogP contribution in [0.5, 0.6) is 5.75 Å². The monoisotopic (exact) mass is 285 g/mol. The quantitative estimate of drug-likeness (QED) is 0.846. The Morgan fingerprint density at radius 3 is 2.90 bits per heavy atom. The molecule has 1 aromatic heterocycles. The molecule has 0 bridgehead atoms. The summed E-state index contributed by atoms with van der Waals surface area (Å²) in [7, 11) is 3.72. The Labute approximate surface area is 126 Å². The molecule has 2 heterocycles. The Morgan fingerprint density at radius 1 is 1.29 bits per heavy atom. The topological polar surface area (TPSA) is 30.3 Å². The van der Waals surface area contributed by atoms with Gasteiger partial charge in [0, 0.05) is 25.8 Å². The van der Waals surface area contributed by atoms with E-state index in [-0.39, 0.29) is 0 Å². The molecule has 1 fully saturated rings. The molecule has 0 amide bonds. The molecule has 4 heteroatoms. The van der Waals surface area contributed by atoms with E-state index < -0.39 is 0 Å². The fraction of sp³-hybridized carbons (Fsp3) is 0.471. The number of hydrogen-bond acceptors (Lipinski definition) is 3. The van der Waals surface area contributed by atoms with Gasteiger partial charge in [-0.15, -0.1) is 0 Å². The van der Waals surface area contributed by atoms with Gasteiger partial charge in [-0.05, 0) is 43.5 Å². The Balaban J connectivity index is 1.69. The van der Waals surface area contributed by atoms with Gasteiger partial charge in [0.15, 0.2) is 0 Å². The maximum atomic E-state index is 5.48. The van der Waals surface area contributed by atoms with E-state index in [2.05, 4.69) is 28.2 Å². The Morgan fingerprint density at radius 2 is 2.14 bits per heavy atom. The van der Waals surface area contributed by atoms with Crippen molar-refractivity contribution < 1.29 is 4.74 Å². The molecule has 1 atom stereocenters. The average Bonchev–Trinajstić information content (AvgIpc) is 3.10. The Bertz CT molecular complexity index is 593. The standard InChI is InChI=1S/C17H23N3O/c1-19-11-9-15(18-19)13-20-10-5-7-16(20)12-14-6-3-4-8-17(14)21-2/h3-4,6,8-9,11,16H,5,7,10,12-13H2,1-2H3/t16-/m1/s1. The Kier molecular flexibility index (Phi) is 4.25. The molecule has 2 aromatic rings. The zero-order valence-corrected chi connectivity index (χ0v) is 12.8. The summed E-state index contributed by atoms with van der Waals surface area (Å²) in [6, 6.07) is 11.0. The second-order valence-corrected chi connectivity index (χ2v) is 5.76. The third kappa shape index (κ3) is 3.27. The van der Waals surface area contributed by atoms with Crippen LogP contribution in [0.4, 0.5) is 0 Å². The van der Waals surface area contributed by atoms with Gasteiger partial charge in [-0.2, -0.15) is 5.10 Å². The number of likely N-dealkylation sites (tertiary alicyclic amines) is 1. The number of para-hydroxylation sites is 1. The van der Waals surface area contributed by atoms with Gasteiger partial charge in [-0.25, -0.2) is 0 Å². The Hall–Kier alpha value is -1.81. The highest BCUT2D eigenvalue weighted by atomic mass is 16.5. The van der Waals surface area contributed by atoms with Crippen molar-refractivity contribution in [3.8, 4) is 5.75 Å². The number of aryl methyl sites for hydroxylation is 1. The number of hydrogen-bond donors (Lipinski definition) is 0. The van der Waals surface area contributed by atoms with Crippen LogP contribution in [0.15, 0.2) is 36.5 Å². The lowest BCUT2D eigenvalue weighted by Crippen LogP contribution is -2.31. The van der Waals surface area contributed by atoms with E-state index in [1.54, 1.807) is 7.11 Å². The fourth-order valence-corrected chi connectivity index (χ4v) is 3.22. The van der Waals surface area contributed by atoms with Crippen molar-refractivity contribution in [2.24, 2.45) is 7.05 Å². The zero-order valence-electron chi connectivity index (χ0n) is 12.8. The molecule has 1 aromatic carbocycles. The van der Waals surface area contributed by atoms with E-state index in [0.29, 0.717) is 6.04 Å². The van der Waals surface area contributed by atoms with E-state index in [1.165, 1.54) is 18.4 Å². The minimum absolute atomic E-state index is 0.586. The summed E-state index contributed by atoms with van der Waals surface area (Å²) in [6.45, 7) is 2.11. The van der Waals surface area contributed by atoms with Gasteiger partial charge in [0.05, 0.1) is 12.8 Å². The van der Waals surface area contributed by atoms with Crippen molar-refractivity contribution in [2.75, 3.05) is 13.7 Å². The zero-order chi connectivity index (χ0) is 14.7. The first-order valence-electron chi connectivity index (χ1n) is 7.61. The number of ether oxygens (including phenoxy) is 1. The van der Waals surface area contributed by atoms with Crippen LogP contribution in [0.3, 0.4) is 0 Å². The van der Waals surface area contributed by atoms with Gasteiger partial charge in [-0.1, -0.05) is 18.2 Å².